The number of pyridine rings is 1. The fourth-order valence-corrected chi connectivity index (χ4v) is 2.27. The first-order chi connectivity index (χ1) is 11.1. The van der Waals surface area contributed by atoms with Crippen LogP contribution < -0.4 is 14.8 Å². The van der Waals surface area contributed by atoms with E-state index < -0.39 is 0 Å². The number of benzene rings is 1. The molecule has 2 aromatic heterocycles. The van der Waals surface area contributed by atoms with Crippen LogP contribution in [-0.4, -0.2) is 29.5 Å². The van der Waals surface area contributed by atoms with Crippen LogP contribution in [0, 0.1) is 6.92 Å². The van der Waals surface area contributed by atoms with Gasteiger partial charge >= 0.3 is 0 Å². The van der Waals surface area contributed by atoms with Crippen molar-refractivity contribution in [1.82, 2.24) is 9.38 Å². The predicted octanol–water partition coefficient (Wildman–Crippen LogP) is 2.91. The maximum atomic E-state index is 12.4. The number of aryl methyl sites for hydroxylation is 1. The van der Waals surface area contributed by atoms with Crippen LogP contribution in [-0.2, 0) is 0 Å². The van der Waals surface area contributed by atoms with E-state index in [-0.39, 0.29) is 5.91 Å². The van der Waals surface area contributed by atoms with E-state index in [1.165, 1.54) is 0 Å². The molecule has 118 valence electrons. The largest absolute Gasteiger partial charge is 0.497 e. The number of fused-ring (bicyclic) bond motifs is 1. The minimum atomic E-state index is -0.290. The van der Waals surface area contributed by atoms with Gasteiger partial charge in [0.05, 0.1) is 14.2 Å². The minimum absolute atomic E-state index is 0.290. The Morgan fingerprint density at radius 2 is 1.83 bits per heavy atom. The molecule has 0 bridgehead atoms. The van der Waals surface area contributed by atoms with Crippen molar-refractivity contribution in [2.75, 3.05) is 19.5 Å². The van der Waals surface area contributed by atoms with Crippen LogP contribution in [0.4, 0.5) is 5.69 Å². The summed E-state index contributed by atoms with van der Waals surface area (Å²) in [5.74, 6) is 0.914. The zero-order chi connectivity index (χ0) is 16.4. The first kappa shape index (κ1) is 14.9. The predicted molar refractivity (Wildman–Crippen MR) is 87.4 cm³/mol. The SMILES string of the molecule is COc1cc(NC(=O)c2cn3ccc(C)cc3n2)cc(OC)c1. The van der Waals surface area contributed by atoms with Crippen LogP contribution >= 0.6 is 0 Å². The van der Waals surface area contributed by atoms with Crippen molar-refractivity contribution in [3.8, 4) is 11.5 Å². The molecule has 1 amide bonds. The maximum absolute atomic E-state index is 12.4. The summed E-state index contributed by atoms with van der Waals surface area (Å²) in [7, 11) is 3.12. The number of carbonyl (C=O) groups excluding carboxylic acids is 1. The van der Waals surface area contributed by atoms with Crippen LogP contribution in [0.25, 0.3) is 5.65 Å². The fourth-order valence-electron chi connectivity index (χ4n) is 2.27. The van der Waals surface area contributed by atoms with E-state index in [0.29, 0.717) is 22.9 Å². The molecule has 0 saturated carbocycles. The number of amides is 1. The number of hydrogen-bond acceptors (Lipinski definition) is 4. The third-order valence-corrected chi connectivity index (χ3v) is 3.46. The first-order valence-corrected chi connectivity index (χ1v) is 7.09. The van der Waals surface area contributed by atoms with Crippen LogP contribution in [0.3, 0.4) is 0 Å². The third-order valence-electron chi connectivity index (χ3n) is 3.46. The van der Waals surface area contributed by atoms with Crippen molar-refractivity contribution in [1.29, 1.82) is 0 Å². The molecule has 0 atom stereocenters. The molecule has 0 aliphatic carbocycles. The van der Waals surface area contributed by atoms with Gasteiger partial charge in [0.2, 0.25) is 0 Å². The van der Waals surface area contributed by atoms with E-state index in [4.69, 9.17) is 9.47 Å². The number of methoxy groups -OCH3 is 2. The minimum Gasteiger partial charge on any atom is -0.497 e. The van der Waals surface area contributed by atoms with Gasteiger partial charge < -0.3 is 19.2 Å². The Hall–Kier alpha value is -3.02. The number of imidazole rings is 1. The summed E-state index contributed by atoms with van der Waals surface area (Å²) in [6.45, 7) is 1.98. The molecular formula is C17H17N3O3. The van der Waals surface area contributed by atoms with Crippen molar-refractivity contribution in [3.05, 3.63) is 54.0 Å². The number of carbonyl (C=O) groups is 1. The van der Waals surface area contributed by atoms with Crippen LogP contribution in [0.1, 0.15) is 16.1 Å². The fraction of sp³-hybridized carbons (Fsp3) is 0.176. The topological polar surface area (TPSA) is 64.9 Å². The Kier molecular flexibility index (Phi) is 3.89. The first-order valence-electron chi connectivity index (χ1n) is 7.09. The van der Waals surface area contributed by atoms with Crippen molar-refractivity contribution in [3.63, 3.8) is 0 Å². The highest BCUT2D eigenvalue weighted by atomic mass is 16.5. The van der Waals surface area contributed by atoms with Gasteiger partial charge in [0.15, 0.2) is 0 Å². The van der Waals surface area contributed by atoms with Crippen molar-refractivity contribution < 1.29 is 14.3 Å². The second kappa shape index (κ2) is 6.00. The standard InChI is InChI=1S/C17H17N3O3/c1-11-4-5-20-10-15(19-16(20)6-11)17(21)18-12-7-13(22-2)9-14(8-12)23-3/h4-10H,1-3H3,(H,18,21). The molecule has 3 rings (SSSR count). The van der Waals surface area contributed by atoms with Crippen LogP contribution in [0.2, 0.25) is 0 Å². The summed E-state index contributed by atoms with van der Waals surface area (Å²) in [5, 5.41) is 2.81. The summed E-state index contributed by atoms with van der Waals surface area (Å²) in [4.78, 5) is 16.7. The van der Waals surface area contributed by atoms with E-state index in [9.17, 15) is 4.79 Å². The van der Waals surface area contributed by atoms with Gasteiger partial charge in [-0.3, -0.25) is 4.79 Å². The molecular weight excluding hydrogens is 294 g/mol. The van der Waals surface area contributed by atoms with E-state index in [1.54, 1.807) is 38.6 Å². The molecule has 0 radical (unpaired) electrons. The van der Waals surface area contributed by atoms with E-state index in [2.05, 4.69) is 10.3 Å². The summed E-state index contributed by atoms with van der Waals surface area (Å²) in [6, 6.07) is 9.07. The number of rotatable bonds is 4. The van der Waals surface area contributed by atoms with Gasteiger partial charge in [-0.05, 0) is 24.6 Å². The number of ether oxygens (including phenoxy) is 2. The number of hydrogen-bond donors (Lipinski definition) is 1. The molecule has 6 heteroatoms. The zero-order valence-corrected chi connectivity index (χ0v) is 13.2. The Labute approximate surface area is 133 Å². The highest BCUT2D eigenvalue weighted by molar-refractivity contribution is 6.03. The summed E-state index contributed by atoms with van der Waals surface area (Å²) in [6.07, 6.45) is 3.57. The normalized spacial score (nSPS) is 10.6. The molecule has 23 heavy (non-hydrogen) atoms. The molecule has 0 saturated heterocycles. The summed E-state index contributed by atoms with van der Waals surface area (Å²) >= 11 is 0. The molecule has 0 aliphatic heterocycles. The smallest absolute Gasteiger partial charge is 0.275 e. The zero-order valence-electron chi connectivity index (χ0n) is 13.2. The lowest BCUT2D eigenvalue weighted by atomic mass is 10.2. The van der Waals surface area contributed by atoms with Gasteiger partial charge in [-0.25, -0.2) is 4.98 Å². The molecule has 0 aliphatic rings. The molecule has 0 spiro atoms. The maximum Gasteiger partial charge on any atom is 0.275 e. The second-order valence-electron chi connectivity index (χ2n) is 5.15. The Morgan fingerprint density at radius 1 is 1.13 bits per heavy atom. The molecule has 3 aromatic rings. The van der Waals surface area contributed by atoms with Crippen molar-refractivity contribution in [2.45, 2.75) is 6.92 Å². The molecule has 1 N–H and O–H groups in total. The molecule has 2 heterocycles. The van der Waals surface area contributed by atoms with E-state index >= 15 is 0 Å². The monoisotopic (exact) mass is 311 g/mol. The summed E-state index contributed by atoms with van der Waals surface area (Å²) < 4.78 is 12.2. The number of nitrogens with zero attached hydrogens (tertiary/aromatic N) is 2. The van der Waals surface area contributed by atoms with Gasteiger partial charge in [0, 0.05) is 36.3 Å². The van der Waals surface area contributed by atoms with Crippen molar-refractivity contribution in [2.24, 2.45) is 0 Å². The Balaban J connectivity index is 1.88. The average molecular weight is 311 g/mol. The van der Waals surface area contributed by atoms with Crippen molar-refractivity contribution >= 4 is 17.2 Å². The lowest BCUT2D eigenvalue weighted by Crippen LogP contribution is -2.12. The molecule has 6 nitrogen and oxygen atoms in total. The molecule has 0 fully saturated rings. The van der Waals surface area contributed by atoms with Gasteiger partial charge in [-0.2, -0.15) is 0 Å². The third kappa shape index (κ3) is 3.11. The highest BCUT2D eigenvalue weighted by Crippen LogP contribution is 2.26. The van der Waals surface area contributed by atoms with E-state index in [1.807, 2.05) is 29.7 Å². The quantitative estimate of drug-likeness (QED) is 0.804. The molecule has 1 aromatic carbocycles. The van der Waals surface area contributed by atoms with Gasteiger partial charge in [0.25, 0.3) is 5.91 Å². The Bertz CT molecular complexity index is 848. The Morgan fingerprint density at radius 3 is 2.48 bits per heavy atom. The lowest BCUT2D eigenvalue weighted by Gasteiger charge is -2.09. The van der Waals surface area contributed by atoms with Gasteiger partial charge in [0.1, 0.15) is 22.8 Å². The summed E-state index contributed by atoms with van der Waals surface area (Å²) in [5.41, 5.74) is 2.75. The van der Waals surface area contributed by atoms with Crippen LogP contribution in [0.15, 0.2) is 42.7 Å². The van der Waals surface area contributed by atoms with Gasteiger partial charge in [-0.15, -0.1) is 0 Å². The average Bonchev–Trinajstić information content (AvgIpc) is 2.97. The highest BCUT2D eigenvalue weighted by Gasteiger charge is 2.12. The second-order valence-corrected chi connectivity index (χ2v) is 5.15. The van der Waals surface area contributed by atoms with E-state index in [0.717, 1.165) is 11.2 Å². The number of aromatic nitrogens is 2. The number of nitrogens with one attached hydrogen (secondary N) is 1. The number of anilines is 1. The molecule has 0 unspecified atom stereocenters. The van der Waals surface area contributed by atoms with Gasteiger partial charge in [-0.1, -0.05) is 0 Å². The van der Waals surface area contributed by atoms with Crippen LogP contribution in [0.5, 0.6) is 11.5 Å². The lowest BCUT2D eigenvalue weighted by molar-refractivity contribution is 0.102.